The van der Waals surface area contributed by atoms with Crippen molar-refractivity contribution in [3.05, 3.63) is 40.4 Å². The van der Waals surface area contributed by atoms with Gasteiger partial charge in [0.15, 0.2) is 0 Å². The van der Waals surface area contributed by atoms with Crippen LogP contribution in [0.5, 0.6) is 0 Å². The van der Waals surface area contributed by atoms with Crippen LogP contribution in [0.15, 0.2) is 23.7 Å². The first-order valence-corrected chi connectivity index (χ1v) is 7.38. The van der Waals surface area contributed by atoms with Gasteiger partial charge in [-0.25, -0.2) is 0 Å². The molecule has 1 aliphatic heterocycles. The summed E-state index contributed by atoms with van der Waals surface area (Å²) in [5.74, 6) is 0. The Kier molecular flexibility index (Phi) is 4.48. The summed E-state index contributed by atoms with van der Waals surface area (Å²) in [5.41, 5.74) is 2.15. The van der Waals surface area contributed by atoms with Gasteiger partial charge >= 0.3 is 7.12 Å². The molecule has 5 heteroatoms. The predicted molar refractivity (Wildman–Crippen MR) is 87.0 cm³/mol. The maximum Gasteiger partial charge on any atom is 0.492 e. The largest absolute Gasteiger partial charge is 0.492 e. The molecule has 116 valence electrons. The minimum atomic E-state index is -0.583. The van der Waals surface area contributed by atoms with E-state index in [2.05, 4.69) is 6.07 Å². The second-order valence-electron chi connectivity index (χ2n) is 6.60. The van der Waals surface area contributed by atoms with Crippen LogP contribution in [0.4, 0.5) is 0 Å². The Morgan fingerprint density at radius 1 is 1.27 bits per heavy atom. The second-order valence-corrected chi connectivity index (χ2v) is 6.60. The summed E-state index contributed by atoms with van der Waals surface area (Å²) in [6.45, 7) is 9.64. The van der Waals surface area contributed by atoms with Crippen LogP contribution in [0.25, 0.3) is 6.08 Å². The van der Waals surface area contributed by atoms with E-state index in [1.54, 1.807) is 6.07 Å². The van der Waals surface area contributed by atoms with E-state index < -0.39 is 18.3 Å². The minimum absolute atomic E-state index is 0.160. The second kappa shape index (κ2) is 5.88. The molecule has 0 unspecified atom stereocenters. The summed E-state index contributed by atoms with van der Waals surface area (Å²) in [4.78, 5) is 0. The predicted octanol–water partition coefficient (Wildman–Crippen LogP) is 2.87. The molecule has 1 saturated heterocycles. The van der Waals surface area contributed by atoms with Crippen molar-refractivity contribution in [1.82, 2.24) is 0 Å². The summed E-state index contributed by atoms with van der Waals surface area (Å²) < 4.78 is 11.9. The van der Waals surface area contributed by atoms with Crippen LogP contribution < -0.4 is 0 Å². The van der Waals surface area contributed by atoms with Crippen LogP contribution in [0.1, 0.15) is 44.4 Å². The topological polar surface area (TPSA) is 62.5 Å². The summed E-state index contributed by atoms with van der Waals surface area (Å²) in [6, 6.07) is 7.69. The number of benzene rings is 1. The first-order chi connectivity index (χ1) is 10.2. The fraction of sp³-hybridized carbons (Fsp3) is 0.471. The smallest absolute Gasteiger partial charge is 0.400 e. The van der Waals surface area contributed by atoms with Crippen molar-refractivity contribution in [2.75, 3.05) is 6.61 Å². The zero-order valence-corrected chi connectivity index (χ0v) is 13.8. The first-order valence-electron chi connectivity index (χ1n) is 7.38. The normalized spacial score (nSPS) is 20.0. The lowest BCUT2D eigenvalue weighted by atomic mass is 9.77. The molecule has 0 bridgehead atoms. The maximum atomic E-state index is 9.71. The van der Waals surface area contributed by atoms with E-state index in [1.165, 1.54) is 0 Å². The fourth-order valence-electron chi connectivity index (χ4n) is 2.31. The monoisotopic (exact) mass is 299 g/mol. The van der Waals surface area contributed by atoms with E-state index in [0.29, 0.717) is 11.0 Å². The average molecular weight is 299 g/mol. The zero-order chi connectivity index (χ0) is 16.5. The van der Waals surface area contributed by atoms with Gasteiger partial charge in [-0.05, 0) is 57.3 Å². The van der Waals surface area contributed by atoms with Gasteiger partial charge in [0.2, 0.25) is 0 Å². The van der Waals surface area contributed by atoms with Crippen LogP contribution in [-0.4, -0.2) is 30.0 Å². The summed E-state index contributed by atoms with van der Waals surface area (Å²) in [7, 11) is -0.583. The highest BCUT2D eigenvalue weighted by Gasteiger charge is 2.52. The Morgan fingerprint density at radius 3 is 2.36 bits per heavy atom. The Bertz CT molecular complexity index is 628. The average Bonchev–Trinajstić information content (AvgIpc) is 2.66. The highest BCUT2D eigenvalue weighted by Crippen LogP contribution is 2.38. The quantitative estimate of drug-likeness (QED) is 0.872. The summed E-state index contributed by atoms with van der Waals surface area (Å²) >= 11 is 0. The molecule has 1 aliphatic rings. The molecule has 22 heavy (non-hydrogen) atoms. The molecule has 0 aliphatic carbocycles. The Morgan fingerprint density at radius 2 is 1.86 bits per heavy atom. The van der Waals surface area contributed by atoms with E-state index in [1.807, 2.05) is 52.8 Å². The molecule has 1 aromatic carbocycles. The molecule has 0 atom stereocenters. The van der Waals surface area contributed by atoms with Crippen molar-refractivity contribution in [3.8, 4) is 6.07 Å². The van der Waals surface area contributed by atoms with Crippen molar-refractivity contribution in [2.45, 2.75) is 45.8 Å². The third-order valence-electron chi connectivity index (χ3n) is 4.58. The number of aliphatic hydroxyl groups is 1. The number of hydrogen-bond acceptors (Lipinski definition) is 4. The van der Waals surface area contributed by atoms with Crippen molar-refractivity contribution in [2.24, 2.45) is 0 Å². The molecule has 0 radical (unpaired) electrons. The minimum Gasteiger partial charge on any atom is -0.400 e. The Labute approximate surface area is 132 Å². The zero-order valence-electron chi connectivity index (χ0n) is 13.8. The lowest BCUT2D eigenvalue weighted by Gasteiger charge is -2.32. The van der Waals surface area contributed by atoms with E-state index in [-0.39, 0.29) is 6.61 Å². The Hall–Kier alpha value is -1.61. The van der Waals surface area contributed by atoms with Crippen LogP contribution in [0, 0.1) is 18.3 Å². The highest BCUT2D eigenvalue weighted by molar-refractivity contribution is 6.55. The maximum absolute atomic E-state index is 9.71. The lowest BCUT2D eigenvalue weighted by molar-refractivity contribution is 0.00578. The molecule has 1 N–H and O–H groups in total. The molecule has 1 fully saturated rings. The van der Waals surface area contributed by atoms with Crippen LogP contribution in [0.3, 0.4) is 0 Å². The van der Waals surface area contributed by atoms with Crippen LogP contribution >= 0.6 is 0 Å². The number of nitrogens with zero attached hydrogens (tertiary/aromatic N) is 1. The van der Waals surface area contributed by atoms with Crippen molar-refractivity contribution < 1.29 is 14.4 Å². The van der Waals surface area contributed by atoms with Crippen molar-refractivity contribution in [3.63, 3.8) is 0 Å². The van der Waals surface area contributed by atoms with E-state index >= 15 is 0 Å². The van der Waals surface area contributed by atoms with E-state index in [0.717, 1.165) is 11.1 Å². The van der Waals surface area contributed by atoms with Gasteiger partial charge < -0.3 is 14.4 Å². The molecule has 0 spiro atoms. The SMILES string of the molecule is Cc1c(C#N)cccc1C=C(CO)B1OC(C)(C)C(C)(C)O1. The molecule has 0 saturated carbocycles. The molecule has 1 heterocycles. The molecular formula is C17H22BNO3. The van der Waals surface area contributed by atoms with Gasteiger partial charge in [-0.2, -0.15) is 5.26 Å². The molecule has 2 rings (SSSR count). The number of nitriles is 1. The van der Waals surface area contributed by atoms with Crippen molar-refractivity contribution >= 4 is 13.2 Å². The molecule has 1 aromatic rings. The molecule has 0 aromatic heterocycles. The first kappa shape index (κ1) is 16.8. The van der Waals surface area contributed by atoms with Gasteiger partial charge in [0.05, 0.1) is 29.4 Å². The van der Waals surface area contributed by atoms with Gasteiger partial charge in [0.25, 0.3) is 0 Å². The fourth-order valence-corrected chi connectivity index (χ4v) is 2.31. The molecule has 0 amide bonds. The van der Waals surface area contributed by atoms with Gasteiger partial charge in [-0.1, -0.05) is 18.2 Å². The van der Waals surface area contributed by atoms with Gasteiger partial charge in [0.1, 0.15) is 0 Å². The van der Waals surface area contributed by atoms with E-state index in [4.69, 9.17) is 14.6 Å². The Balaban J connectivity index is 2.37. The number of rotatable bonds is 3. The van der Waals surface area contributed by atoms with Gasteiger partial charge in [-0.3, -0.25) is 0 Å². The van der Waals surface area contributed by atoms with Crippen LogP contribution in [0.2, 0.25) is 0 Å². The molecular weight excluding hydrogens is 277 g/mol. The number of hydrogen-bond donors (Lipinski definition) is 1. The highest BCUT2D eigenvalue weighted by atomic mass is 16.7. The standard InChI is InChI=1S/C17H22BNO3/c1-12-13(7-6-8-14(12)10-19)9-15(11-20)18-21-16(2,3)17(4,5)22-18/h6-9,20H,11H2,1-5H3. The summed E-state index contributed by atoms with van der Waals surface area (Å²) in [6.07, 6.45) is 1.85. The van der Waals surface area contributed by atoms with Crippen molar-refractivity contribution in [1.29, 1.82) is 5.26 Å². The third kappa shape index (κ3) is 2.96. The van der Waals surface area contributed by atoms with Gasteiger partial charge in [0, 0.05) is 0 Å². The van der Waals surface area contributed by atoms with Crippen LogP contribution in [-0.2, 0) is 9.31 Å². The molecule has 4 nitrogen and oxygen atoms in total. The summed E-state index contributed by atoms with van der Waals surface area (Å²) in [5, 5.41) is 18.8. The van der Waals surface area contributed by atoms with Gasteiger partial charge in [-0.15, -0.1) is 0 Å². The van der Waals surface area contributed by atoms with E-state index in [9.17, 15) is 5.11 Å². The third-order valence-corrected chi connectivity index (χ3v) is 4.58. The lowest BCUT2D eigenvalue weighted by Crippen LogP contribution is -2.41. The number of aliphatic hydroxyl groups excluding tert-OH is 1.